The summed E-state index contributed by atoms with van der Waals surface area (Å²) in [6, 6.07) is 10.1. The average molecular weight is 325 g/mol. The highest BCUT2D eigenvalue weighted by atomic mass is 16.3. The number of para-hydroxylation sites is 1. The predicted octanol–water partition coefficient (Wildman–Crippen LogP) is 1.07. The highest BCUT2D eigenvalue weighted by molar-refractivity contribution is 5.75. The summed E-state index contributed by atoms with van der Waals surface area (Å²) in [6.45, 7) is 1.21. The largest absolute Gasteiger partial charge is 0.395 e. The molecule has 0 spiro atoms. The van der Waals surface area contributed by atoms with Gasteiger partial charge in [-0.05, 0) is 25.0 Å². The number of benzene rings is 1. The molecule has 2 aromatic heterocycles. The molecule has 24 heavy (non-hydrogen) atoms. The van der Waals surface area contributed by atoms with Gasteiger partial charge in [0.1, 0.15) is 11.2 Å². The predicted molar refractivity (Wildman–Crippen MR) is 90.0 cm³/mol. The molecule has 1 aliphatic carbocycles. The van der Waals surface area contributed by atoms with E-state index in [9.17, 15) is 9.90 Å². The maximum Gasteiger partial charge on any atom is 0.262 e. The summed E-state index contributed by atoms with van der Waals surface area (Å²) in [4.78, 5) is 22.0. The summed E-state index contributed by atoms with van der Waals surface area (Å²) in [5.74, 6) is 0.602. The molecule has 7 nitrogen and oxygen atoms in total. The highest BCUT2D eigenvalue weighted by Crippen LogP contribution is 2.27. The van der Waals surface area contributed by atoms with Crippen LogP contribution in [0.25, 0.3) is 16.7 Å². The number of hydrogen-bond acceptors (Lipinski definition) is 5. The molecule has 1 aliphatic rings. The van der Waals surface area contributed by atoms with Crippen molar-refractivity contribution in [2.45, 2.75) is 25.4 Å². The molecule has 1 aromatic carbocycles. The molecule has 3 aromatic rings. The van der Waals surface area contributed by atoms with Crippen LogP contribution in [0, 0.1) is 0 Å². The van der Waals surface area contributed by atoms with Gasteiger partial charge in [0.2, 0.25) is 0 Å². The van der Waals surface area contributed by atoms with Crippen LogP contribution in [0.2, 0.25) is 0 Å². The number of rotatable bonds is 6. The third-order valence-corrected chi connectivity index (χ3v) is 4.29. The fourth-order valence-corrected chi connectivity index (χ4v) is 2.95. The van der Waals surface area contributed by atoms with Crippen molar-refractivity contribution >= 4 is 11.0 Å². The van der Waals surface area contributed by atoms with Crippen LogP contribution in [0.3, 0.4) is 0 Å². The van der Waals surface area contributed by atoms with Gasteiger partial charge in [-0.15, -0.1) is 0 Å². The summed E-state index contributed by atoms with van der Waals surface area (Å²) >= 11 is 0. The van der Waals surface area contributed by atoms with Crippen LogP contribution in [0.1, 0.15) is 18.7 Å². The maximum absolute atomic E-state index is 12.4. The zero-order valence-electron chi connectivity index (χ0n) is 13.2. The molecular weight excluding hydrogens is 306 g/mol. The van der Waals surface area contributed by atoms with E-state index in [0.717, 1.165) is 18.5 Å². The van der Waals surface area contributed by atoms with Gasteiger partial charge in [0.15, 0.2) is 5.65 Å². The van der Waals surface area contributed by atoms with Gasteiger partial charge >= 0.3 is 0 Å². The zero-order valence-corrected chi connectivity index (χ0v) is 13.2. The molecule has 0 bridgehead atoms. The molecule has 0 aliphatic heterocycles. The molecule has 2 N–H and O–H groups in total. The Morgan fingerprint density at radius 1 is 1.29 bits per heavy atom. The summed E-state index contributed by atoms with van der Waals surface area (Å²) in [5.41, 5.74) is 1.24. The average Bonchev–Trinajstić information content (AvgIpc) is 3.35. The highest BCUT2D eigenvalue weighted by Gasteiger charge is 2.29. The molecule has 0 saturated heterocycles. The van der Waals surface area contributed by atoms with Crippen molar-refractivity contribution in [2.75, 3.05) is 13.2 Å². The molecule has 0 radical (unpaired) electrons. The van der Waals surface area contributed by atoms with Gasteiger partial charge in [-0.3, -0.25) is 9.69 Å². The van der Waals surface area contributed by atoms with E-state index < -0.39 is 0 Å². The summed E-state index contributed by atoms with van der Waals surface area (Å²) in [5, 5.41) is 14.0. The molecular formula is C17H19N5O2. The lowest BCUT2D eigenvalue weighted by molar-refractivity contribution is 0.180. The molecule has 1 fully saturated rings. The summed E-state index contributed by atoms with van der Waals surface area (Å²) < 4.78 is 1.68. The van der Waals surface area contributed by atoms with Crippen LogP contribution in [0.5, 0.6) is 0 Å². The SMILES string of the molecule is O=c1[nH]c(CN(CCO)C2CC2)nc2c1cnn2-c1ccccc1. The van der Waals surface area contributed by atoms with Crippen molar-refractivity contribution in [1.29, 1.82) is 0 Å². The van der Waals surface area contributed by atoms with E-state index in [4.69, 9.17) is 0 Å². The topological polar surface area (TPSA) is 87.0 Å². The number of aliphatic hydroxyl groups is 1. The van der Waals surface area contributed by atoms with E-state index in [1.165, 1.54) is 0 Å². The van der Waals surface area contributed by atoms with Crippen molar-refractivity contribution < 1.29 is 5.11 Å². The second-order valence-corrected chi connectivity index (χ2v) is 6.07. The minimum absolute atomic E-state index is 0.102. The second kappa shape index (κ2) is 6.18. The van der Waals surface area contributed by atoms with Gasteiger partial charge in [-0.25, -0.2) is 9.67 Å². The Morgan fingerprint density at radius 2 is 2.08 bits per heavy atom. The minimum Gasteiger partial charge on any atom is -0.395 e. The molecule has 4 rings (SSSR count). The molecule has 0 amide bonds. The number of aromatic amines is 1. The first-order valence-electron chi connectivity index (χ1n) is 8.13. The number of aliphatic hydroxyl groups excluding tert-OH is 1. The van der Waals surface area contributed by atoms with E-state index in [1.54, 1.807) is 10.9 Å². The fourth-order valence-electron chi connectivity index (χ4n) is 2.95. The lowest BCUT2D eigenvalue weighted by Crippen LogP contribution is -2.30. The number of H-pyrrole nitrogens is 1. The van der Waals surface area contributed by atoms with Crippen molar-refractivity contribution in [2.24, 2.45) is 0 Å². The zero-order chi connectivity index (χ0) is 16.5. The molecule has 0 atom stereocenters. The van der Waals surface area contributed by atoms with Gasteiger partial charge in [-0.1, -0.05) is 18.2 Å². The standard InChI is InChI=1S/C17H19N5O2/c23-9-8-21(12-6-7-12)11-15-19-16-14(17(24)20-15)10-18-22(16)13-4-2-1-3-5-13/h1-5,10,12,23H,6-9,11H2,(H,19,20,24). The Kier molecular flexibility index (Phi) is 3.87. The quantitative estimate of drug-likeness (QED) is 0.708. The number of nitrogens with zero attached hydrogens (tertiary/aromatic N) is 4. The molecule has 7 heteroatoms. The van der Waals surface area contributed by atoms with Crippen molar-refractivity contribution in [3.05, 3.63) is 52.7 Å². The fraction of sp³-hybridized carbons (Fsp3) is 0.353. The molecule has 2 heterocycles. The van der Waals surface area contributed by atoms with Crippen LogP contribution in [-0.4, -0.2) is 48.9 Å². The smallest absolute Gasteiger partial charge is 0.262 e. The van der Waals surface area contributed by atoms with Gasteiger partial charge in [-0.2, -0.15) is 5.10 Å². The van der Waals surface area contributed by atoms with Crippen molar-refractivity contribution in [3.8, 4) is 5.69 Å². The number of aromatic nitrogens is 4. The number of fused-ring (bicyclic) bond motifs is 1. The Balaban J connectivity index is 1.74. The Hall–Kier alpha value is -2.51. The Labute approximate surface area is 138 Å². The van der Waals surface area contributed by atoms with Crippen molar-refractivity contribution in [1.82, 2.24) is 24.6 Å². The summed E-state index contributed by atoms with van der Waals surface area (Å²) in [7, 11) is 0. The normalized spacial score (nSPS) is 14.6. The van der Waals surface area contributed by atoms with Gasteiger partial charge < -0.3 is 10.1 Å². The molecule has 124 valence electrons. The maximum atomic E-state index is 12.4. The van der Waals surface area contributed by atoms with Crippen LogP contribution in [-0.2, 0) is 6.54 Å². The van der Waals surface area contributed by atoms with Gasteiger partial charge in [0.25, 0.3) is 5.56 Å². The lowest BCUT2D eigenvalue weighted by atomic mass is 10.3. The van der Waals surface area contributed by atoms with Gasteiger partial charge in [0, 0.05) is 12.6 Å². The first kappa shape index (κ1) is 15.0. The third-order valence-electron chi connectivity index (χ3n) is 4.29. The second-order valence-electron chi connectivity index (χ2n) is 6.07. The third kappa shape index (κ3) is 2.83. The first-order valence-corrected chi connectivity index (χ1v) is 8.13. The number of nitrogens with one attached hydrogen (secondary N) is 1. The Bertz CT molecular complexity index is 898. The first-order chi connectivity index (χ1) is 11.8. The van der Waals surface area contributed by atoms with Crippen LogP contribution >= 0.6 is 0 Å². The van der Waals surface area contributed by atoms with E-state index in [1.807, 2.05) is 30.3 Å². The van der Waals surface area contributed by atoms with E-state index in [-0.39, 0.29) is 12.2 Å². The number of hydrogen-bond donors (Lipinski definition) is 2. The van der Waals surface area contributed by atoms with Crippen molar-refractivity contribution in [3.63, 3.8) is 0 Å². The molecule has 1 saturated carbocycles. The lowest BCUT2D eigenvalue weighted by Gasteiger charge is -2.19. The Morgan fingerprint density at radius 3 is 2.79 bits per heavy atom. The summed E-state index contributed by atoms with van der Waals surface area (Å²) in [6.07, 6.45) is 3.81. The van der Waals surface area contributed by atoms with Crippen LogP contribution < -0.4 is 5.56 Å². The minimum atomic E-state index is -0.183. The van der Waals surface area contributed by atoms with Crippen LogP contribution in [0.15, 0.2) is 41.3 Å². The van der Waals surface area contributed by atoms with E-state index in [2.05, 4.69) is 20.0 Å². The van der Waals surface area contributed by atoms with E-state index >= 15 is 0 Å². The van der Waals surface area contributed by atoms with Gasteiger partial charge in [0.05, 0.1) is 25.0 Å². The monoisotopic (exact) mass is 325 g/mol. The van der Waals surface area contributed by atoms with Crippen LogP contribution in [0.4, 0.5) is 0 Å². The van der Waals surface area contributed by atoms with E-state index in [0.29, 0.717) is 36.0 Å². The molecule has 0 unspecified atom stereocenters.